The van der Waals surface area contributed by atoms with Crippen molar-refractivity contribution >= 4 is 0 Å². The van der Waals surface area contributed by atoms with Gasteiger partial charge in [-0.05, 0) is 19.3 Å². The molecule has 3 nitrogen and oxygen atoms in total. The number of rotatable bonds is 0. The molecule has 0 aromatic rings. The van der Waals surface area contributed by atoms with Gasteiger partial charge in [0, 0.05) is 12.1 Å². The molecule has 1 saturated heterocycles. The van der Waals surface area contributed by atoms with Gasteiger partial charge in [-0.25, -0.2) is 0 Å². The first kappa shape index (κ1) is 7.08. The van der Waals surface area contributed by atoms with Crippen LogP contribution in [0.5, 0.6) is 0 Å². The Kier molecular flexibility index (Phi) is 1.41. The van der Waals surface area contributed by atoms with E-state index < -0.39 is 0 Å². The molecule has 0 amide bonds. The highest BCUT2D eigenvalue weighted by atomic mass is 16.3. The molecule has 11 heavy (non-hydrogen) atoms. The Morgan fingerprint density at radius 2 is 2.27 bits per heavy atom. The maximum atomic E-state index is 9.26. The van der Waals surface area contributed by atoms with Crippen LogP contribution in [0.3, 0.4) is 0 Å². The Hall–Kier alpha value is -0.590. The lowest BCUT2D eigenvalue weighted by Crippen LogP contribution is -2.49. The van der Waals surface area contributed by atoms with Gasteiger partial charge in [0.15, 0.2) is 0 Å². The molecule has 1 aliphatic heterocycles. The SMILES string of the molecule is N#CC1CC(O)CNC12CC2. The molecule has 0 aromatic carbocycles. The predicted molar refractivity (Wildman–Crippen MR) is 39.7 cm³/mol. The number of aliphatic hydroxyl groups excluding tert-OH is 1. The van der Waals surface area contributed by atoms with Crippen LogP contribution < -0.4 is 5.32 Å². The molecule has 1 heterocycles. The standard InChI is InChI=1S/C8H12N2O/c9-4-6-3-7(11)5-10-8(6)1-2-8/h6-7,10-11H,1-3,5H2. The third-order valence-corrected chi connectivity index (χ3v) is 2.81. The summed E-state index contributed by atoms with van der Waals surface area (Å²) in [5.74, 6) is 0.0336. The van der Waals surface area contributed by atoms with Crippen LogP contribution in [0, 0.1) is 17.2 Å². The summed E-state index contributed by atoms with van der Waals surface area (Å²) in [6, 6.07) is 2.26. The van der Waals surface area contributed by atoms with Crippen molar-refractivity contribution in [3.8, 4) is 6.07 Å². The Bertz CT molecular complexity index is 205. The van der Waals surface area contributed by atoms with Gasteiger partial charge in [0.05, 0.1) is 18.1 Å². The van der Waals surface area contributed by atoms with E-state index in [1.165, 1.54) is 0 Å². The van der Waals surface area contributed by atoms with Crippen molar-refractivity contribution in [1.29, 1.82) is 5.26 Å². The van der Waals surface area contributed by atoms with Gasteiger partial charge in [0.1, 0.15) is 0 Å². The molecule has 60 valence electrons. The summed E-state index contributed by atoms with van der Waals surface area (Å²) in [5, 5.41) is 21.3. The fourth-order valence-electron chi connectivity index (χ4n) is 1.86. The Labute approximate surface area is 66.0 Å². The van der Waals surface area contributed by atoms with E-state index in [1.54, 1.807) is 0 Å². The second kappa shape index (κ2) is 2.20. The van der Waals surface area contributed by atoms with Gasteiger partial charge < -0.3 is 10.4 Å². The molecule has 2 rings (SSSR count). The van der Waals surface area contributed by atoms with E-state index in [0.717, 1.165) is 12.8 Å². The van der Waals surface area contributed by atoms with Gasteiger partial charge in [-0.1, -0.05) is 0 Å². The maximum absolute atomic E-state index is 9.26. The van der Waals surface area contributed by atoms with E-state index in [4.69, 9.17) is 5.26 Å². The molecule has 0 aromatic heterocycles. The molecule has 2 unspecified atom stereocenters. The van der Waals surface area contributed by atoms with E-state index in [9.17, 15) is 5.11 Å². The van der Waals surface area contributed by atoms with Gasteiger partial charge in [0.2, 0.25) is 0 Å². The zero-order chi connectivity index (χ0) is 7.90. The largest absolute Gasteiger partial charge is 0.392 e. The van der Waals surface area contributed by atoms with Crippen molar-refractivity contribution in [3.05, 3.63) is 0 Å². The van der Waals surface area contributed by atoms with E-state index in [2.05, 4.69) is 11.4 Å². The summed E-state index contributed by atoms with van der Waals surface area (Å²) in [6.07, 6.45) is 2.56. The zero-order valence-corrected chi connectivity index (χ0v) is 6.38. The van der Waals surface area contributed by atoms with Crippen LogP contribution in [-0.2, 0) is 0 Å². The Morgan fingerprint density at radius 3 is 2.82 bits per heavy atom. The maximum Gasteiger partial charge on any atom is 0.0678 e. The lowest BCUT2D eigenvalue weighted by molar-refractivity contribution is 0.100. The van der Waals surface area contributed by atoms with E-state index in [0.29, 0.717) is 13.0 Å². The Morgan fingerprint density at radius 1 is 1.55 bits per heavy atom. The third kappa shape index (κ3) is 1.03. The second-order valence-corrected chi connectivity index (χ2v) is 3.61. The Balaban J connectivity index is 2.08. The first-order chi connectivity index (χ1) is 5.27. The number of nitriles is 1. The highest BCUT2D eigenvalue weighted by Gasteiger charge is 2.52. The quantitative estimate of drug-likeness (QED) is 0.514. The zero-order valence-electron chi connectivity index (χ0n) is 6.38. The minimum absolute atomic E-state index is 0.0336. The number of piperidine rings is 1. The highest BCUT2D eigenvalue weighted by molar-refractivity contribution is 5.16. The fourth-order valence-corrected chi connectivity index (χ4v) is 1.86. The van der Waals surface area contributed by atoms with Crippen molar-refractivity contribution in [3.63, 3.8) is 0 Å². The molecule has 2 fully saturated rings. The molecular formula is C8H12N2O. The normalized spacial score (nSPS) is 40.0. The van der Waals surface area contributed by atoms with Crippen molar-refractivity contribution in [2.75, 3.05) is 6.54 Å². The fraction of sp³-hybridized carbons (Fsp3) is 0.875. The van der Waals surface area contributed by atoms with Crippen LogP contribution in [0.15, 0.2) is 0 Å². The number of aliphatic hydroxyl groups is 1. The van der Waals surface area contributed by atoms with Gasteiger partial charge in [-0.3, -0.25) is 0 Å². The molecule has 0 bridgehead atoms. The monoisotopic (exact) mass is 152 g/mol. The summed E-state index contributed by atoms with van der Waals surface area (Å²) < 4.78 is 0. The van der Waals surface area contributed by atoms with Crippen molar-refractivity contribution in [2.45, 2.75) is 30.9 Å². The molecule has 2 atom stereocenters. The number of hydrogen-bond acceptors (Lipinski definition) is 3. The van der Waals surface area contributed by atoms with Gasteiger partial charge in [-0.2, -0.15) is 5.26 Å². The highest BCUT2D eigenvalue weighted by Crippen LogP contribution is 2.45. The lowest BCUT2D eigenvalue weighted by atomic mass is 9.88. The van der Waals surface area contributed by atoms with Crippen LogP contribution in [0.4, 0.5) is 0 Å². The van der Waals surface area contributed by atoms with Crippen LogP contribution >= 0.6 is 0 Å². The number of nitrogens with zero attached hydrogens (tertiary/aromatic N) is 1. The predicted octanol–water partition coefficient (Wildman–Crippen LogP) is 0.0130. The van der Waals surface area contributed by atoms with Crippen LogP contribution in [-0.4, -0.2) is 23.3 Å². The first-order valence-corrected chi connectivity index (χ1v) is 4.09. The average Bonchev–Trinajstić information content (AvgIpc) is 2.76. The number of β-amino-alcohol motifs (C(OH)–C–C–N with tert-alkyl or cyclic N) is 1. The minimum atomic E-state index is -0.314. The van der Waals surface area contributed by atoms with E-state index in [1.807, 2.05) is 0 Å². The van der Waals surface area contributed by atoms with Gasteiger partial charge in [-0.15, -0.1) is 0 Å². The van der Waals surface area contributed by atoms with E-state index >= 15 is 0 Å². The summed E-state index contributed by atoms with van der Waals surface area (Å²) >= 11 is 0. The topological polar surface area (TPSA) is 56.0 Å². The first-order valence-electron chi connectivity index (χ1n) is 4.09. The molecule has 1 saturated carbocycles. The van der Waals surface area contributed by atoms with Crippen LogP contribution in [0.1, 0.15) is 19.3 Å². The molecule has 2 aliphatic rings. The number of nitrogens with one attached hydrogen (secondary N) is 1. The minimum Gasteiger partial charge on any atom is -0.392 e. The molecule has 1 spiro atoms. The van der Waals surface area contributed by atoms with Crippen molar-refractivity contribution in [2.24, 2.45) is 5.92 Å². The lowest BCUT2D eigenvalue weighted by Gasteiger charge is -2.31. The average molecular weight is 152 g/mol. The molecule has 3 heteroatoms. The molecule has 0 radical (unpaired) electrons. The number of hydrogen-bond donors (Lipinski definition) is 2. The van der Waals surface area contributed by atoms with Gasteiger partial charge >= 0.3 is 0 Å². The summed E-state index contributed by atoms with van der Waals surface area (Å²) in [5.41, 5.74) is 0.105. The molecule has 2 N–H and O–H groups in total. The second-order valence-electron chi connectivity index (χ2n) is 3.61. The third-order valence-electron chi connectivity index (χ3n) is 2.81. The van der Waals surface area contributed by atoms with Gasteiger partial charge in [0.25, 0.3) is 0 Å². The molecular weight excluding hydrogens is 140 g/mol. The van der Waals surface area contributed by atoms with E-state index in [-0.39, 0.29) is 17.6 Å². The summed E-state index contributed by atoms with van der Waals surface area (Å²) in [4.78, 5) is 0. The molecule has 1 aliphatic carbocycles. The van der Waals surface area contributed by atoms with Crippen LogP contribution in [0.2, 0.25) is 0 Å². The summed E-state index contributed by atoms with van der Waals surface area (Å²) in [6.45, 7) is 0.665. The van der Waals surface area contributed by atoms with Crippen molar-refractivity contribution in [1.82, 2.24) is 5.32 Å². The van der Waals surface area contributed by atoms with Crippen molar-refractivity contribution < 1.29 is 5.11 Å². The van der Waals surface area contributed by atoms with Crippen LogP contribution in [0.25, 0.3) is 0 Å². The summed E-state index contributed by atoms with van der Waals surface area (Å²) in [7, 11) is 0. The smallest absolute Gasteiger partial charge is 0.0678 e.